The average Bonchev–Trinajstić information content (AvgIpc) is 1.81. The second-order valence-electron chi connectivity index (χ2n) is 2.27. The summed E-state index contributed by atoms with van der Waals surface area (Å²) in [6.07, 6.45) is 7.98. The summed E-state index contributed by atoms with van der Waals surface area (Å²) >= 11 is 0. The van der Waals surface area contributed by atoms with E-state index in [-0.39, 0.29) is 21.1 Å². The van der Waals surface area contributed by atoms with Gasteiger partial charge >= 0.3 is 0 Å². The molecule has 0 bridgehead atoms. The minimum absolute atomic E-state index is 0. The molecule has 0 rings (SSSR count). The predicted molar refractivity (Wildman–Crippen MR) is 38.7 cm³/mol. The van der Waals surface area contributed by atoms with Gasteiger partial charge in [-0.15, -0.1) is 0 Å². The molecule has 0 fully saturated rings. The van der Waals surface area contributed by atoms with Crippen molar-refractivity contribution in [3.05, 3.63) is 6.92 Å². The molecule has 1 heteroatoms. The van der Waals surface area contributed by atoms with Gasteiger partial charge in [0.2, 0.25) is 0 Å². The summed E-state index contributed by atoms with van der Waals surface area (Å²) in [6.45, 7) is 6.02. The Hall–Kier alpha value is 0.688. The first-order valence-electron chi connectivity index (χ1n) is 3.71. The van der Waals surface area contributed by atoms with Crippen molar-refractivity contribution in [1.82, 2.24) is 0 Å². The van der Waals surface area contributed by atoms with Crippen molar-refractivity contribution in [3.63, 3.8) is 0 Å². The van der Waals surface area contributed by atoms with Crippen LogP contribution in [0.5, 0.6) is 0 Å². The Morgan fingerprint density at radius 1 is 1.00 bits per heavy atom. The molecule has 0 aromatic carbocycles. The van der Waals surface area contributed by atoms with Crippen LogP contribution < -0.4 is 0 Å². The van der Waals surface area contributed by atoms with Gasteiger partial charge in [0.25, 0.3) is 0 Å². The van der Waals surface area contributed by atoms with Crippen LogP contribution in [0.25, 0.3) is 0 Å². The Kier molecular flexibility index (Phi) is 15.8. The van der Waals surface area contributed by atoms with E-state index in [1.165, 1.54) is 32.1 Å². The summed E-state index contributed by atoms with van der Waals surface area (Å²) < 4.78 is 0. The molecule has 0 aromatic rings. The van der Waals surface area contributed by atoms with E-state index in [2.05, 4.69) is 13.8 Å². The maximum Gasteiger partial charge on any atom is 0 e. The second-order valence-corrected chi connectivity index (χ2v) is 2.27. The van der Waals surface area contributed by atoms with Crippen molar-refractivity contribution in [2.24, 2.45) is 0 Å². The molecule has 0 unspecified atom stereocenters. The molecule has 0 N–H and O–H groups in total. The third kappa shape index (κ3) is 12.0. The Balaban J connectivity index is 0. The topological polar surface area (TPSA) is 0 Å². The third-order valence-electron chi connectivity index (χ3n) is 1.35. The maximum absolute atomic E-state index is 3.78. The number of unbranched alkanes of at least 4 members (excludes halogenated alkanes) is 5. The smallest absolute Gasteiger partial charge is 0 e. The van der Waals surface area contributed by atoms with Gasteiger partial charge in [-0.2, -0.15) is 0 Å². The average molecular weight is 308 g/mol. The molecule has 0 saturated carbocycles. The quantitative estimate of drug-likeness (QED) is 0.684. The van der Waals surface area contributed by atoms with Crippen molar-refractivity contribution in [1.29, 1.82) is 0 Å². The van der Waals surface area contributed by atoms with E-state index in [4.69, 9.17) is 0 Å². The first kappa shape index (κ1) is 12.4. The molecule has 0 spiro atoms. The fourth-order valence-corrected chi connectivity index (χ4v) is 0.780. The van der Waals surface area contributed by atoms with Crippen molar-refractivity contribution >= 4 is 0 Å². The fourth-order valence-electron chi connectivity index (χ4n) is 0.780. The van der Waals surface area contributed by atoms with Crippen molar-refractivity contribution in [3.8, 4) is 0 Å². The summed E-state index contributed by atoms with van der Waals surface area (Å²) in [6, 6.07) is 0. The van der Waals surface area contributed by atoms with Crippen LogP contribution in [0.4, 0.5) is 0 Å². The first-order valence-corrected chi connectivity index (χ1v) is 3.71. The van der Waals surface area contributed by atoms with Crippen molar-refractivity contribution in [2.45, 2.75) is 45.4 Å². The zero-order valence-corrected chi connectivity index (χ0v) is 8.54. The Bertz CT molecular complexity index is 29.5. The van der Waals surface area contributed by atoms with Gasteiger partial charge in [-0.3, -0.25) is 0 Å². The summed E-state index contributed by atoms with van der Waals surface area (Å²) in [5.74, 6) is 0. The normalized spacial score (nSPS) is 8.67. The summed E-state index contributed by atoms with van der Waals surface area (Å²) in [4.78, 5) is 0. The summed E-state index contributed by atoms with van der Waals surface area (Å²) in [7, 11) is 0. The number of hydrogen-bond acceptors (Lipinski definition) is 0. The SMILES string of the molecule is [CH2]CCCCCCC.[Pt]. The van der Waals surface area contributed by atoms with Crippen LogP contribution >= 0.6 is 0 Å². The van der Waals surface area contributed by atoms with Crippen molar-refractivity contribution in [2.75, 3.05) is 0 Å². The van der Waals surface area contributed by atoms with Crippen LogP contribution in [0.2, 0.25) is 0 Å². The molecule has 0 aliphatic rings. The minimum Gasteiger partial charge on any atom is -0.0654 e. The molecule has 59 valence electrons. The largest absolute Gasteiger partial charge is 0.0654 e. The monoisotopic (exact) mass is 308 g/mol. The van der Waals surface area contributed by atoms with E-state index in [0.29, 0.717) is 0 Å². The zero-order valence-electron chi connectivity index (χ0n) is 6.27. The van der Waals surface area contributed by atoms with Gasteiger partial charge in [0.05, 0.1) is 0 Å². The summed E-state index contributed by atoms with van der Waals surface area (Å²) in [5.41, 5.74) is 0. The van der Waals surface area contributed by atoms with E-state index in [9.17, 15) is 0 Å². The van der Waals surface area contributed by atoms with Gasteiger partial charge in [0.15, 0.2) is 0 Å². The van der Waals surface area contributed by atoms with Crippen LogP contribution in [-0.2, 0) is 21.1 Å². The van der Waals surface area contributed by atoms with Gasteiger partial charge in [0, 0.05) is 21.1 Å². The molecular formula is C8H17Pt. The molecular weight excluding hydrogens is 291 g/mol. The van der Waals surface area contributed by atoms with E-state index in [1.807, 2.05) is 0 Å². The molecule has 0 nitrogen and oxygen atoms in total. The molecule has 9 heavy (non-hydrogen) atoms. The first-order chi connectivity index (χ1) is 3.91. The number of rotatable bonds is 5. The Morgan fingerprint density at radius 3 is 2.00 bits per heavy atom. The van der Waals surface area contributed by atoms with Gasteiger partial charge in [-0.25, -0.2) is 0 Å². The number of hydrogen-bond donors (Lipinski definition) is 0. The third-order valence-corrected chi connectivity index (χ3v) is 1.35. The molecule has 0 amide bonds. The van der Waals surface area contributed by atoms with Gasteiger partial charge in [0.1, 0.15) is 0 Å². The summed E-state index contributed by atoms with van der Waals surface area (Å²) in [5, 5.41) is 0. The molecule has 0 aromatic heterocycles. The fraction of sp³-hybridized carbons (Fsp3) is 0.875. The van der Waals surface area contributed by atoms with Crippen LogP contribution in [-0.4, -0.2) is 0 Å². The molecule has 0 saturated heterocycles. The second kappa shape index (κ2) is 11.5. The van der Waals surface area contributed by atoms with E-state index in [0.717, 1.165) is 6.42 Å². The van der Waals surface area contributed by atoms with Gasteiger partial charge in [-0.1, -0.05) is 52.4 Å². The van der Waals surface area contributed by atoms with Crippen LogP contribution in [0.15, 0.2) is 0 Å². The predicted octanol–water partition coefficient (Wildman–Crippen LogP) is 3.18. The van der Waals surface area contributed by atoms with Crippen LogP contribution in [0.3, 0.4) is 0 Å². The van der Waals surface area contributed by atoms with Crippen molar-refractivity contribution < 1.29 is 21.1 Å². The van der Waals surface area contributed by atoms with E-state index >= 15 is 0 Å². The van der Waals surface area contributed by atoms with Gasteiger partial charge < -0.3 is 0 Å². The minimum atomic E-state index is 0. The molecule has 1 radical (unpaired) electrons. The molecule has 0 heterocycles. The molecule has 0 aliphatic heterocycles. The standard InChI is InChI=1S/C8H17.Pt/c1-3-5-7-8-6-4-2;/h1,3-8H2,2H3;. The van der Waals surface area contributed by atoms with Gasteiger partial charge in [-0.05, 0) is 0 Å². The Morgan fingerprint density at radius 2 is 1.56 bits per heavy atom. The van der Waals surface area contributed by atoms with E-state index < -0.39 is 0 Å². The van der Waals surface area contributed by atoms with E-state index in [1.54, 1.807) is 0 Å². The molecule has 0 aliphatic carbocycles. The van der Waals surface area contributed by atoms with Crippen LogP contribution in [0, 0.1) is 6.92 Å². The Labute approximate surface area is 73.7 Å². The zero-order chi connectivity index (χ0) is 6.24. The van der Waals surface area contributed by atoms with Crippen LogP contribution in [0.1, 0.15) is 45.4 Å². The maximum atomic E-state index is 3.78. The molecule has 0 atom stereocenters.